The van der Waals surface area contributed by atoms with Gasteiger partial charge >= 0.3 is 0 Å². The second-order valence-electron chi connectivity index (χ2n) is 2.88. The van der Waals surface area contributed by atoms with Crippen molar-refractivity contribution >= 4 is 0 Å². The molecule has 0 radical (unpaired) electrons. The van der Waals surface area contributed by atoms with Crippen molar-refractivity contribution in [3.8, 4) is 0 Å². The predicted octanol–water partition coefficient (Wildman–Crippen LogP) is 2.27. The summed E-state index contributed by atoms with van der Waals surface area (Å²) < 4.78 is 0. The maximum absolute atomic E-state index is 5.71. The first-order valence-corrected chi connectivity index (χ1v) is 4.08. The minimum atomic E-state index is 0.154. The second kappa shape index (κ2) is 3.54. The zero-order valence-electron chi connectivity index (χ0n) is 7.17. The van der Waals surface area contributed by atoms with Crippen LogP contribution in [0, 0.1) is 0 Å². The first kappa shape index (κ1) is 8.28. The number of benzene rings is 1. The Morgan fingerprint density at radius 1 is 1.27 bits per heavy atom. The molecule has 2 N–H and O–H groups in total. The van der Waals surface area contributed by atoms with E-state index in [0.29, 0.717) is 0 Å². The van der Waals surface area contributed by atoms with E-state index in [2.05, 4.69) is 31.2 Å². The Morgan fingerprint density at radius 3 is 2.18 bits per heavy atom. The molecular weight excluding hydrogens is 134 g/mol. The highest BCUT2D eigenvalue weighted by atomic mass is 14.6. The van der Waals surface area contributed by atoms with Gasteiger partial charge in [0.2, 0.25) is 0 Å². The van der Waals surface area contributed by atoms with Crippen molar-refractivity contribution in [2.45, 2.75) is 26.3 Å². The summed E-state index contributed by atoms with van der Waals surface area (Å²) in [7, 11) is 0. The fourth-order valence-corrected chi connectivity index (χ4v) is 1.06. The molecule has 1 heteroatoms. The Bertz CT molecular complexity index is 211. The third kappa shape index (κ3) is 2.05. The predicted molar refractivity (Wildman–Crippen MR) is 48.4 cm³/mol. The molecule has 1 atom stereocenters. The molecule has 1 rings (SSSR count). The number of aryl methyl sites for hydroxylation is 1. The fraction of sp³-hybridized carbons (Fsp3) is 0.400. The molecule has 0 bridgehead atoms. The average molecular weight is 149 g/mol. The Morgan fingerprint density at radius 2 is 1.82 bits per heavy atom. The standard InChI is InChI=1S/C10H15N/c1-3-9-4-6-10(7-5-9)8(2)11/h4-8H,3,11H2,1-2H3/t8-/m1/s1. The molecule has 0 heterocycles. The van der Waals surface area contributed by atoms with Crippen molar-refractivity contribution in [2.24, 2.45) is 5.73 Å². The Balaban J connectivity index is 2.83. The highest BCUT2D eigenvalue weighted by Gasteiger charge is 1.96. The van der Waals surface area contributed by atoms with Crippen molar-refractivity contribution < 1.29 is 0 Å². The van der Waals surface area contributed by atoms with Crippen LogP contribution in [0.1, 0.15) is 31.0 Å². The van der Waals surface area contributed by atoms with Crippen molar-refractivity contribution in [3.63, 3.8) is 0 Å². The normalized spacial score (nSPS) is 13.0. The van der Waals surface area contributed by atoms with Crippen LogP contribution >= 0.6 is 0 Å². The molecule has 0 unspecified atom stereocenters. The molecule has 0 fully saturated rings. The van der Waals surface area contributed by atoms with Gasteiger partial charge in [-0.25, -0.2) is 0 Å². The van der Waals surface area contributed by atoms with E-state index in [-0.39, 0.29) is 6.04 Å². The van der Waals surface area contributed by atoms with E-state index in [0.717, 1.165) is 6.42 Å². The van der Waals surface area contributed by atoms with Crippen LogP contribution < -0.4 is 5.73 Å². The third-order valence-electron chi connectivity index (χ3n) is 1.91. The lowest BCUT2D eigenvalue weighted by Crippen LogP contribution is -2.04. The monoisotopic (exact) mass is 149 g/mol. The smallest absolute Gasteiger partial charge is 0.0266 e. The lowest BCUT2D eigenvalue weighted by Gasteiger charge is -2.05. The van der Waals surface area contributed by atoms with Crippen molar-refractivity contribution in [3.05, 3.63) is 35.4 Å². The average Bonchev–Trinajstić information content (AvgIpc) is 2.05. The van der Waals surface area contributed by atoms with E-state index in [1.165, 1.54) is 11.1 Å². The van der Waals surface area contributed by atoms with Crippen LogP contribution in [0.5, 0.6) is 0 Å². The summed E-state index contributed by atoms with van der Waals surface area (Å²) in [5.41, 5.74) is 8.29. The molecular formula is C10H15N. The van der Waals surface area contributed by atoms with Crippen LogP contribution in [0.25, 0.3) is 0 Å². The molecule has 0 saturated heterocycles. The van der Waals surface area contributed by atoms with Crippen LogP contribution in [-0.4, -0.2) is 0 Å². The minimum Gasteiger partial charge on any atom is -0.324 e. The molecule has 0 saturated carbocycles. The molecule has 1 nitrogen and oxygen atoms in total. The van der Waals surface area contributed by atoms with Gasteiger partial charge in [-0.15, -0.1) is 0 Å². The molecule has 1 aromatic carbocycles. The lowest BCUT2D eigenvalue weighted by atomic mass is 10.1. The molecule has 0 aliphatic heterocycles. The van der Waals surface area contributed by atoms with Gasteiger partial charge in [-0.1, -0.05) is 31.2 Å². The van der Waals surface area contributed by atoms with Crippen molar-refractivity contribution in [1.82, 2.24) is 0 Å². The van der Waals surface area contributed by atoms with E-state index >= 15 is 0 Å². The zero-order chi connectivity index (χ0) is 8.27. The first-order valence-electron chi connectivity index (χ1n) is 4.08. The molecule has 1 aromatic rings. The van der Waals surface area contributed by atoms with Crippen LogP contribution in [0.15, 0.2) is 24.3 Å². The van der Waals surface area contributed by atoms with Gasteiger partial charge in [0.25, 0.3) is 0 Å². The molecule has 0 spiro atoms. The Hall–Kier alpha value is -0.820. The maximum atomic E-state index is 5.71. The number of hydrogen-bond acceptors (Lipinski definition) is 1. The fourth-order valence-electron chi connectivity index (χ4n) is 1.06. The lowest BCUT2D eigenvalue weighted by molar-refractivity contribution is 0.817. The summed E-state index contributed by atoms with van der Waals surface area (Å²) in [5.74, 6) is 0. The van der Waals surface area contributed by atoms with E-state index < -0.39 is 0 Å². The van der Waals surface area contributed by atoms with Crippen molar-refractivity contribution in [1.29, 1.82) is 0 Å². The summed E-state index contributed by atoms with van der Waals surface area (Å²) in [6, 6.07) is 8.63. The van der Waals surface area contributed by atoms with Crippen LogP contribution in [0.3, 0.4) is 0 Å². The van der Waals surface area contributed by atoms with Gasteiger partial charge in [0.05, 0.1) is 0 Å². The van der Waals surface area contributed by atoms with Crippen LogP contribution in [0.4, 0.5) is 0 Å². The third-order valence-corrected chi connectivity index (χ3v) is 1.91. The highest BCUT2D eigenvalue weighted by molar-refractivity contribution is 5.24. The van der Waals surface area contributed by atoms with Gasteiger partial charge in [-0.3, -0.25) is 0 Å². The van der Waals surface area contributed by atoms with E-state index in [4.69, 9.17) is 5.73 Å². The maximum Gasteiger partial charge on any atom is 0.0266 e. The van der Waals surface area contributed by atoms with E-state index in [1.54, 1.807) is 0 Å². The van der Waals surface area contributed by atoms with Crippen LogP contribution in [-0.2, 0) is 6.42 Å². The Labute approximate surface area is 68.2 Å². The summed E-state index contributed by atoms with van der Waals surface area (Å²) in [5, 5.41) is 0. The van der Waals surface area contributed by atoms with Gasteiger partial charge in [-0.2, -0.15) is 0 Å². The summed E-state index contributed by atoms with van der Waals surface area (Å²) in [4.78, 5) is 0. The van der Waals surface area contributed by atoms with Gasteiger partial charge in [-0.05, 0) is 24.5 Å². The summed E-state index contributed by atoms with van der Waals surface area (Å²) in [6.07, 6.45) is 1.10. The second-order valence-corrected chi connectivity index (χ2v) is 2.88. The molecule has 0 aliphatic rings. The molecule has 0 aromatic heterocycles. The topological polar surface area (TPSA) is 26.0 Å². The molecule has 11 heavy (non-hydrogen) atoms. The molecule has 0 amide bonds. The number of rotatable bonds is 2. The first-order chi connectivity index (χ1) is 5.24. The van der Waals surface area contributed by atoms with Gasteiger partial charge < -0.3 is 5.73 Å². The van der Waals surface area contributed by atoms with E-state index in [1.807, 2.05) is 6.92 Å². The minimum absolute atomic E-state index is 0.154. The molecule has 60 valence electrons. The number of hydrogen-bond donors (Lipinski definition) is 1. The van der Waals surface area contributed by atoms with Crippen LogP contribution in [0.2, 0.25) is 0 Å². The quantitative estimate of drug-likeness (QED) is 0.685. The number of nitrogens with two attached hydrogens (primary N) is 1. The SMILES string of the molecule is CCc1ccc([C@@H](C)N)cc1. The van der Waals surface area contributed by atoms with Crippen molar-refractivity contribution in [2.75, 3.05) is 0 Å². The zero-order valence-corrected chi connectivity index (χ0v) is 7.17. The van der Waals surface area contributed by atoms with Gasteiger partial charge in [0.15, 0.2) is 0 Å². The Kier molecular flexibility index (Phi) is 2.66. The highest BCUT2D eigenvalue weighted by Crippen LogP contribution is 2.10. The summed E-state index contributed by atoms with van der Waals surface area (Å²) in [6.45, 7) is 4.15. The summed E-state index contributed by atoms with van der Waals surface area (Å²) >= 11 is 0. The van der Waals surface area contributed by atoms with E-state index in [9.17, 15) is 0 Å². The molecule has 0 aliphatic carbocycles. The van der Waals surface area contributed by atoms with Gasteiger partial charge in [0, 0.05) is 6.04 Å². The largest absolute Gasteiger partial charge is 0.324 e. The van der Waals surface area contributed by atoms with Gasteiger partial charge in [0.1, 0.15) is 0 Å².